The van der Waals surface area contributed by atoms with Gasteiger partial charge in [0.05, 0.1) is 18.5 Å². The number of benzene rings is 2. The zero-order chi connectivity index (χ0) is 13.9. The fourth-order valence-electron chi connectivity index (χ4n) is 2.64. The van der Waals surface area contributed by atoms with Crippen molar-refractivity contribution in [1.82, 2.24) is 5.06 Å². The molecule has 0 amide bonds. The molecule has 1 heterocycles. The Balaban J connectivity index is 2.03. The Labute approximate surface area is 118 Å². The zero-order valence-electron chi connectivity index (χ0n) is 11.4. The first kappa shape index (κ1) is 12.9. The summed E-state index contributed by atoms with van der Waals surface area (Å²) in [4.78, 5) is 17.0. The second-order valence-electron chi connectivity index (χ2n) is 5.10. The van der Waals surface area contributed by atoms with Crippen molar-refractivity contribution in [2.45, 2.75) is 25.4 Å². The van der Waals surface area contributed by atoms with Crippen LogP contribution in [0.4, 0.5) is 0 Å². The lowest BCUT2D eigenvalue weighted by molar-refractivity contribution is -0.182. The first-order valence-corrected chi connectivity index (χ1v) is 6.85. The predicted molar refractivity (Wildman–Crippen MR) is 76.7 cm³/mol. The van der Waals surface area contributed by atoms with Gasteiger partial charge >= 0.3 is 5.97 Å². The summed E-state index contributed by atoms with van der Waals surface area (Å²) in [6.07, 6.45) is 0.441. The maximum absolute atomic E-state index is 11.6. The maximum atomic E-state index is 11.6. The average molecular weight is 267 g/mol. The molecule has 3 nitrogen and oxygen atoms in total. The largest absolute Gasteiger partial charge is 0.367 e. The molecule has 2 aromatic carbocycles. The second kappa shape index (κ2) is 5.47. The Bertz CT molecular complexity index is 543. The predicted octanol–water partition coefficient (Wildman–Crippen LogP) is 3.33. The third kappa shape index (κ3) is 2.45. The summed E-state index contributed by atoms with van der Waals surface area (Å²) < 4.78 is 0. The molecule has 0 aliphatic carbocycles. The summed E-state index contributed by atoms with van der Waals surface area (Å²) in [6.45, 7) is 2.02. The highest BCUT2D eigenvalue weighted by Gasteiger charge is 2.36. The van der Waals surface area contributed by atoms with Gasteiger partial charge in [-0.1, -0.05) is 60.7 Å². The van der Waals surface area contributed by atoms with Crippen LogP contribution in [0, 0.1) is 0 Å². The summed E-state index contributed by atoms with van der Waals surface area (Å²) in [5.41, 5.74) is 2.25. The van der Waals surface area contributed by atoms with E-state index in [0.717, 1.165) is 11.1 Å². The molecule has 0 radical (unpaired) electrons. The van der Waals surface area contributed by atoms with Gasteiger partial charge in [0.25, 0.3) is 0 Å². The van der Waals surface area contributed by atoms with Crippen LogP contribution in [0.2, 0.25) is 0 Å². The van der Waals surface area contributed by atoms with E-state index in [1.165, 1.54) is 0 Å². The summed E-state index contributed by atoms with van der Waals surface area (Å²) in [6, 6.07) is 20.3. The van der Waals surface area contributed by atoms with E-state index in [9.17, 15) is 4.79 Å². The van der Waals surface area contributed by atoms with Crippen molar-refractivity contribution in [2.24, 2.45) is 0 Å². The molecule has 2 aromatic rings. The molecule has 1 fully saturated rings. The van der Waals surface area contributed by atoms with Crippen LogP contribution in [-0.2, 0) is 9.63 Å². The summed E-state index contributed by atoms with van der Waals surface area (Å²) in [7, 11) is 0. The van der Waals surface area contributed by atoms with Gasteiger partial charge in [-0.2, -0.15) is 0 Å². The van der Waals surface area contributed by atoms with E-state index in [2.05, 4.69) is 24.3 Å². The number of carbonyl (C=O) groups excluding carboxylic acids is 1. The average Bonchev–Trinajstić information content (AvgIpc) is 2.80. The van der Waals surface area contributed by atoms with Crippen molar-refractivity contribution in [3.05, 3.63) is 71.8 Å². The fraction of sp³-hybridized carbons (Fsp3) is 0.235. The van der Waals surface area contributed by atoms with Gasteiger partial charge in [0.2, 0.25) is 0 Å². The fourth-order valence-corrected chi connectivity index (χ4v) is 2.64. The van der Waals surface area contributed by atoms with Crippen molar-refractivity contribution >= 4 is 5.97 Å². The van der Waals surface area contributed by atoms with Crippen LogP contribution in [0.1, 0.15) is 30.5 Å². The Morgan fingerprint density at radius 2 is 1.50 bits per heavy atom. The minimum Gasteiger partial charge on any atom is -0.367 e. The Kier molecular flexibility index (Phi) is 3.52. The monoisotopic (exact) mass is 267 g/mol. The van der Waals surface area contributed by atoms with Crippen LogP contribution >= 0.6 is 0 Å². The van der Waals surface area contributed by atoms with Crippen molar-refractivity contribution in [3.8, 4) is 0 Å². The van der Waals surface area contributed by atoms with Crippen molar-refractivity contribution in [2.75, 3.05) is 0 Å². The number of rotatable bonds is 3. The van der Waals surface area contributed by atoms with Gasteiger partial charge in [0.15, 0.2) is 0 Å². The summed E-state index contributed by atoms with van der Waals surface area (Å²) in [5, 5.41) is 1.81. The molecule has 1 saturated heterocycles. The number of hydrogen-bond donors (Lipinski definition) is 0. The molecule has 1 atom stereocenters. The normalized spacial score (nSPS) is 19.3. The molecule has 1 aliphatic heterocycles. The number of hydrogen-bond acceptors (Lipinski definition) is 3. The van der Waals surface area contributed by atoms with E-state index < -0.39 is 0 Å². The lowest BCUT2D eigenvalue weighted by Gasteiger charge is -2.29. The third-order valence-corrected chi connectivity index (χ3v) is 3.59. The molecule has 102 valence electrons. The molecule has 3 heteroatoms. The molecule has 0 saturated carbocycles. The number of carbonyl (C=O) groups is 1. The second-order valence-corrected chi connectivity index (χ2v) is 5.10. The lowest BCUT2D eigenvalue weighted by atomic mass is 9.97. The Hall–Kier alpha value is -2.13. The van der Waals surface area contributed by atoms with Gasteiger partial charge in [-0.25, -0.2) is 0 Å². The standard InChI is InChI=1S/C17H17NO2/c1-13-12-16(19)20-18(13)17(14-8-4-2-5-9-14)15-10-6-3-7-11-15/h2-11,13,17H,12H2,1H3. The highest BCUT2D eigenvalue weighted by Crippen LogP contribution is 2.34. The molecular formula is C17H17NO2. The van der Waals surface area contributed by atoms with Crippen molar-refractivity contribution in [1.29, 1.82) is 0 Å². The van der Waals surface area contributed by atoms with Crippen LogP contribution in [0.3, 0.4) is 0 Å². The first-order valence-electron chi connectivity index (χ1n) is 6.85. The minimum atomic E-state index is -0.158. The summed E-state index contributed by atoms with van der Waals surface area (Å²) >= 11 is 0. The molecular weight excluding hydrogens is 250 g/mol. The Morgan fingerprint density at radius 1 is 1.00 bits per heavy atom. The topological polar surface area (TPSA) is 29.5 Å². The number of nitrogens with zero attached hydrogens (tertiary/aromatic N) is 1. The van der Waals surface area contributed by atoms with E-state index in [4.69, 9.17) is 4.84 Å². The highest BCUT2D eigenvalue weighted by molar-refractivity contribution is 5.71. The molecule has 0 spiro atoms. The molecule has 20 heavy (non-hydrogen) atoms. The van der Waals surface area contributed by atoms with Gasteiger partial charge < -0.3 is 4.84 Å². The van der Waals surface area contributed by atoms with E-state index in [-0.39, 0.29) is 18.1 Å². The number of hydroxylamine groups is 2. The van der Waals surface area contributed by atoms with Crippen molar-refractivity contribution < 1.29 is 9.63 Å². The van der Waals surface area contributed by atoms with E-state index in [1.807, 2.05) is 48.4 Å². The Morgan fingerprint density at radius 3 is 1.90 bits per heavy atom. The summed E-state index contributed by atoms with van der Waals surface area (Å²) in [5.74, 6) is -0.158. The van der Waals surface area contributed by atoms with Gasteiger partial charge in [0.1, 0.15) is 0 Å². The van der Waals surface area contributed by atoms with Crippen LogP contribution in [0.25, 0.3) is 0 Å². The van der Waals surface area contributed by atoms with E-state index in [0.29, 0.717) is 6.42 Å². The zero-order valence-corrected chi connectivity index (χ0v) is 11.4. The first-order chi connectivity index (χ1) is 9.75. The maximum Gasteiger partial charge on any atom is 0.326 e. The van der Waals surface area contributed by atoms with Crippen LogP contribution in [0.15, 0.2) is 60.7 Å². The molecule has 1 unspecified atom stereocenters. The van der Waals surface area contributed by atoms with E-state index >= 15 is 0 Å². The van der Waals surface area contributed by atoms with Crippen LogP contribution in [0.5, 0.6) is 0 Å². The van der Waals surface area contributed by atoms with Crippen LogP contribution in [-0.4, -0.2) is 17.1 Å². The van der Waals surface area contributed by atoms with Gasteiger partial charge in [-0.05, 0) is 18.1 Å². The minimum absolute atomic E-state index is 0.0566. The molecule has 0 aromatic heterocycles. The molecule has 1 aliphatic rings. The lowest BCUT2D eigenvalue weighted by Crippen LogP contribution is -2.31. The quantitative estimate of drug-likeness (QED) is 0.854. The smallest absolute Gasteiger partial charge is 0.326 e. The third-order valence-electron chi connectivity index (χ3n) is 3.59. The molecule has 0 N–H and O–H groups in total. The SMILES string of the molecule is CC1CC(=O)ON1C(c1ccccc1)c1ccccc1. The highest BCUT2D eigenvalue weighted by atomic mass is 16.7. The van der Waals surface area contributed by atoms with Crippen molar-refractivity contribution in [3.63, 3.8) is 0 Å². The van der Waals surface area contributed by atoms with Gasteiger partial charge in [0, 0.05) is 0 Å². The van der Waals surface area contributed by atoms with Gasteiger partial charge in [-0.3, -0.25) is 4.79 Å². The van der Waals surface area contributed by atoms with Crippen LogP contribution < -0.4 is 0 Å². The molecule has 3 rings (SSSR count). The van der Waals surface area contributed by atoms with Gasteiger partial charge in [-0.15, -0.1) is 5.06 Å². The molecule has 0 bridgehead atoms. The van der Waals surface area contributed by atoms with E-state index in [1.54, 1.807) is 0 Å².